The van der Waals surface area contributed by atoms with Gasteiger partial charge in [-0.15, -0.1) is 0 Å². The standard InChI is InChI=1S/C21H26N2O2/c1-3-25-19-11-9-17(10-12-19)15-23(2)20(24)22-16-21(13-14-21)18-7-5-4-6-8-18/h4-12H,3,13-16H2,1-2H3,(H,22,24). The van der Waals surface area contributed by atoms with Gasteiger partial charge in [0.15, 0.2) is 0 Å². The Labute approximate surface area is 149 Å². The maximum atomic E-state index is 12.4. The molecule has 1 saturated carbocycles. The van der Waals surface area contributed by atoms with Gasteiger partial charge in [0.2, 0.25) is 0 Å². The highest BCUT2D eigenvalue weighted by Crippen LogP contribution is 2.47. The average molecular weight is 338 g/mol. The number of nitrogens with zero attached hydrogens (tertiary/aromatic N) is 1. The fraction of sp³-hybridized carbons (Fsp3) is 0.381. The van der Waals surface area contributed by atoms with Crippen LogP contribution in [-0.4, -0.2) is 31.1 Å². The van der Waals surface area contributed by atoms with Gasteiger partial charge in [0, 0.05) is 25.6 Å². The summed E-state index contributed by atoms with van der Waals surface area (Å²) in [6, 6.07) is 18.3. The number of rotatable bonds is 7. The summed E-state index contributed by atoms with van der Waals surface area (Å²) in [5.74, 6) is 0.858. The largest absolute Gasteiger partial charge is 0.494 e. The van der Waals surface area contributed by atoms with E-state index in [4.69, 9.17) is 4.74 Å². The van der Waals surface area contributed by atoms with E-state index in [2.05, 4.69) is 29.6 Å². The molecule has 1 aliphatic rings. The Morgan fingerprint density at radius 3 is 2.40 bits per heavy atom. The lowest BCUT2D eigenvalue weighted by molar-refractivity contribution is 0.206. The van der Waals surface area contributed by atoms with E-state index in [1.165, 1.54) is 5.56 Å². The molecule has 0 atom stereocenters. The van der Waals surface area contributed by atoms with Gasteiger partial charge in [-0.3, -0.25) is 0 Å². The number of nitrogens with one attached hydrogen (secondary N) is 1. The molecule has 1 aliphatic carbocycles. The summed E-state index contributed by atoms with van der Waals surface area (Å²) in [5.41, 5.74) is 2.55. The molecule has 0 bridgehead atoms. The molecule has 4 heteroatoms. The summed E-state index contributed by atoms with van der Waals surface area (Å²) in [7, 11) is 1.83. The monoisotopic (exact) mass is 338 g/mol. The minimum absolute atomic E-state index is 0.0314. The highest BCUT2D eigenvalue weighted by molar-refractivity contribution is 5.74. The summed E-state index contributed by atoms with van der Waals surface area (Å²) < 4.78 is 5.45. The highest BCUT2D eigenvalue weighted by Gasteiger charge is 2.44. The molecule has 2 amide bonds. The number of urea groups is 1. The molecule has 2 aromatic rings. The second kappa shape index (κ2) is 7.60. The van der Waals surface area contributed by atoms with E-state index < -0.39 is 0 Å². The first kappa shape index (κ1) is 17.3. The molecule has 1 fully saturated rings. The van der Waals surface area contributed by atoms with Gasteiger partial charge < -0.3 is 15.0 Å². The van der Waals surface area contributed by atoms with Crippen molar-refractivity contribution in [1.82, 2.24) is 10.2 Å². The molecule has 0 saturated heterocycles. The maximum Gasteiger partial charge on any atom is 0.317 e. The molecule has 0 spiro atoms. The topological polar surface area (TPSA) is 41.6 Å². The lowest BCUT2D eigenvalue weighted by Gasteiger charge is -2.21. The van der Waals surface area contributed by atoms with Crippen LogP contribution < -0.4 is 10.1 Å². The van der Waals surface area contributed by atoms with Gasteiger partial charge in [-0.1, -0.05) is 42.5 Å². The SMILES string of the molecule is CCOc1ccc(CN(C)C(=O)NCC2(c3ccccc3)CC2)cc1. The minimum Gasteiger partial charge on any atom is -0.494 e. The normalized spacial score (nSPS) is 14.6. The van der Waals surface area contributed by atoms with Gasteiger partial charge in [-0.2, -0.15) is 0 Å². The van der Waals surface area contributed by atoms with E-state index in [0.29, 0.717) is 19.7 Å². The van der Waals surface area contributed by atoms with Crippen molar-refractivity contribution in [1.29, 1.82) is 0 Å². The summed E-state index contributed by atoms with van der Waals surface area (Å²) in [6.07, 6.45) is 2.28. The van der Waals surface area contributed by atoms with Gasteiger partial charge in [-0.05, 0) is 43.0 Å². The Balaban J connectivity index is 1.51. The first-order chi connectivity index (χ1) is 12.1. The van der Waals surface area contributed by atoms with Crippen LogP contribution in [0.15, 0.2) is 54.6 Å². The van der Waals surface area contributed by atoms with Gasteiger partial charge >= 0.3 is 6.03 Å². The zero-order chi connectivity index (χ0) is 17.7. The van der Waals surface area contributed by atoms with E-state index in [1.54, 1.807) is 4.90 Å². The first-order valence-corrected chi connectivity index (χ1v) is 8.89. The quantitative estimate of drug-likeness (QED) is 0.830. The third-order valence-corrected chi connectivity index (χ3v) is 4.82. The highest BCUT2D eigenvalue weighted by atomic mass is 16.5. The Morgan fingerprint density at radius 2 is 1.80 bits per heavy atom. The third-order valence-electron chi connectivity index (χ3n) is 4.82. The van der Waals surface area contributed by atoms with Gasteiger partial charge in [0.25, 0.3) is 0 Å². The van der Waals surface area contributed by atoms with Crippen molar-refractivity contribution in [3.8, 4) is 5.75 Å². The zero-order valence-electron chi connectivity index (χ0n) is 15.0. The van der Waals surface area contributed by atoms with Crippen molar-refractivity contribution in [2.75, 3.05) is 20.2 Å². The molecule has 0 radical (unpaired) electrons. The van der Waals surface area contributed by atoms with Crippen LogP contribution in [0.4, 0.5) is 4.79 Å². The molecule has 1 N–H and O–H groups in total. The molecule has 2 aromatic carbocycles. The molecule has 0 aliphatic heterocycles. The molecule has 132 valence electrons. The van der Waals surface area contributed by atoms with E-state index in [0.717, 1.165) is 24.2 Å². The fourth-order valence-electron chi connectivity index (χ4n) is 3.09. The Hall–Kier alpha value is -2.49. The van der Waals surface area contributed by atoms with Crippen LogP contribution in [0.3, 0.4) is 0 Å². The number of hydrogen-bond acceptors (Lipinski definition) is 2. The molecule has 0 unspecified atom stereocenters. The Bertz CT molecular complexity index is 694. The number of hydrogen-bond donors (Lipinski definition) is 1. The van der Waals surface area contributed by atoms with Crippen molar-refractivity contribution < 1.29 is 9.53 Å². The molecular formula is C21H26N2O2. The second-order valence-corrected chi connectivity index (χ2v) is 6.74. The van der Waals surface area contributed by atoms with E-state index in [-0.39, 0.29) is 11.4 Å². The summed E-state index contributed by atoms with van der Waals surface area (Å²) >= 11 is 0. The van der Waals surface area contributed by atoms with Gasteiger partial charge in [-0.25, -0.2) is 4.79 Å². The summed E-state index contributed by atoms with van der Waals surface area (Å²) in [5, 5.41) is 3.10. The van der Waals surface area contributed by atoms with Crippen molar-refractivity contribution in [2.24, 2.45) is 0 Å². The molecule has 25 heavy (non-hydrogen) atoms. The molecular weight excluding hydrogens is 312 g/mol. The Kier molecular flexibility index (Phi) is 5.27. The number of amides is 2. The van der Waals surface area contributed by atoms with Crippen molar-refractivity contribution in [3.05, 3.63) is 65.7 Å². The third kappa shape index (κ3) is 4.32. The van der Waals surface area contributed by atoms with Crippen LogP contribution in [0, 0.1) is 0 Å². The van der Waals surface area contributed by atoms with E-state index in [9.17, 15) is 4.79 Å². The van der Waals surface area contributed by atoms with Crippen LogP contribution in [0.5, 0.6) is 5.75 Å². The van der Waals surface area contributed by atoms with Crippen LogP contribution in [0.2, 0.25) is 0 Å². The lowest BCUT2D eigenvalue weighted by atomic mass is 9.96. The smallest absolute Gasteiger partial charge is 0.317 e. The van der Waals surface area contributed by atoms with E-state index >= 15 is 0 Å². The van der Waals surface area contributed by atoms with Crippen molar-refractivity contribution in [3.63, 3.8) is 0 Å². The second-order valence-electron chi connectivity index (χ2n) is 6.74. The lowest BCUT2D eigenvalue weighted by Crippen LogP contribution is -2.40. The Morgan fingerprint density at radius 1 is 1.12 bits per heavy atom. The van der Waals surface area contributed by atoms with Crippen LogP contribution in [-0.2, 0) is 12.0 Å². The zero-order valence-corrected chi connectivity index (χ0v) is 15.0. The number of benzene rings is 2. The molecule has 0 aromatic heterocycles. The predicted molar refractivity (Wildman–Crippen MR) is 99.8 cm³/mol. The summed E-state index contributed by atoms with van der Waals surface area (Å²) in [4.78, 5) is 14.1. The summed E-state index contributed by atoms with van der Waals surface area (Å²) in [6.45, 7) is 3.90. The van der Waals surface area contributed by atoms with Crippen LogP contribution in [0.1, 0.15) is 30.9 Å². The predicted octanol–water partition coefficient (Wildman–Crippen LogP) is 3.96. The van der Waals surface area contributed by atoms with Crippen LogP contribution in [0.25, 0.3) is 0 Å². The minimum atomic E-state index is -0.0314. The van der Waals surface area contributed by atoms with Crippen molar-refractivity contribution in [2.45, 2.75) is 31.7 Å². The van der Waals surface area contributed by atoms with Gasteiger partial charge in [0.1, 0.15) is 5.75 Å². The molecule has 0 heterocycles. The number of carbonyl (C=O) groups excluding carboxylic acids is 1. The molecule has 4 nitrogen and oxygen atoms in total. The fourth-order valence-corrected chi connectivity index (χ4v) is 3.09. The first-order valence-electron chi connectivity index (χ1n) is 8.89. The molecule has 3 rings (SSSR count). The van der Waals surface area contributed by atoms with Crippen LogP contribution >= 0.6 is 0 Å². The average Bonchev–Trinajstić information content (AvgIpc) is 3.43. The number of carbonyl (C=O) groups is 1. The van der Waals surface area contributed by atoms with E-state index in [1.807, 2.05) is 44.3 Å². The van der Waals surface area contributed by atoms with Crippen molar-refractivity contribution >= 4 is 6.03 Å². The van der Waals surface area contributed by atoms with Gasteiger partial charge in [0.05, 0.1) is 6.61 Å². The number of ether oxygens (including phenoxy) is 1. The maximum absolute atomic E-state index is 12.4.